The summed E-state index contributed by atoms with van der Waals surface area (Å²) in [5.74, 6) is 0.739. The third-order valence-electron chi connectivity index (χ3n) is 3.94. The quantitative estimate of drug-likeness (QED) is 0.754. The van der Waals surface area contributed by atoms with Crippen LogP contribution in [0.15, 0.2) is 47.0 Å². The zero-order valence-corrected chi connectivity index (χ0v) is 14.8. The van der Waals surface area contributed by atoms with Crippen molar-refractivity contribution in [2.24, 2.45) is 0 Å². The molecule has 25 heavy (non-hydrogen) atoms. The number of nitrogens with one attached hydrogen (secondary N) is 1. The Morgan fingerprint density at radius 1 is 1.12 bits per heavy atom. The van der Waals surface area contributed by atoms with Crippen LogP contribution in [0.25, 0.3) is 11.4 Å². The van der Waals surface area contributed by atoms with Gasteiger partial charge in [-0.1, -0.05) is 35.0 Å². The summed E-state index contributed by atoms with van der Waals surface area (Å²) < 4.78 is 5.18. The lowest BCUT2D eigenvalue weighted by Gasteiger charge is -2.05. The molecule has 0 radical (unpaired) electrons. The molecule has 0 aliphatic carbocycles. The maximum absolute atomic E-state index is 12.1. The number of hydrogen-bond donors (Lipinski definition) is 1. The van der Waals surface area contributed by atoms with Crippen molar-refractivity contribution in [3.63, 3.8) is 0 Å². The minimum absolute atomic E-state index is 0.0884. The van der Waals surface area contributed by atoms with Gasteiger partial charge in [0.15, 0.2) is 0 Å². The van der Waals surface area contributed by atoms with Crippen molar-refractivity contribution in [3.8, 4) is 11.4 Å². The number of carbonyl (C=O) groups is 1. The molecule has 0 spiro atoms. The van der Waals surface area contributed by atoms with Crippen molar-refractivity contribution in [2.45, 2.75) is 26.8 Å². The topological polar surface area (TPSA) is 68.0 Å². The van der Waals surface area contributed by atoms with E-state index < -0.39 is 0 Å². The number of halogens is 1. The molecule has 0 saturated heterocycles. The zero-order valence-electron chi connectivity index (χ0n) is 14.0. The van der Waals surface area contributed by atoms with Crippen LogP contribution in [-0.4, -0.2) is 16.0 Å². The van der Waals surface area contributed by atoms with Gasteiger partial charge in [-0.05, 0) is 54.8 Å². The van der Waals surface area contributed by atoms with E-state index in [1.807, 2.05) is 44.2 Å². The summed E-state index contributed by atoms with van der Waals surface area (Å²) in [6.07, 6.45) is 0.319. The summed E-state index contributed by atoms with van der Waals surface area (Å²) in [5.41, 5.74) is 4.17. The number of benzene rings is 2. The Kier molecular flexibility index (Phi) is 5.14. The molecule has 1 N–H and O–H groups in total. The van der Waals surface area contributed by atoms with Crippen LogP contribution in [0, 0.1) is 13.8 Å². The Morgan fingerprint density at radius 3 is 2.60 bits per heavy atom. The lowest BCUT2D eigenvalue weighted by molar-refractivity contribution is -0.120. The molecule has 2 aromatic carbocycles. The monoisotopic (exact) mass is 355 g/mol. The van der Waals surface area contributed by atoms with E-state index in [1.165, 1.54) is 11.1 Å². The van der Waals surface area contributed by atoms with Gasteiger partial charge in [0.05, 0.1) is 13.0 Å². The third kappa shape index (κ3) is 4.45. The molecule has 0 unspecified atom stereocenters. The van der Waals surface area contributed by atoms with Crippen molar-refractivity contribution in [2.75, 3.05) is 0 Å². The predicted octanol–water partition coefficient (Wildman–Crippen LogP) is 3.87. The van der Waals surface area contributed by atoms with Crippen LogP contribution in [0.5, 0.6) is 0 Å². The molecule has 0 atom stereocenters. The first-order chi connectivity index (χ1) is 12.0. The van der Waals surface area contributed by atoms with Crippen LogP contribution in [0.2, 0.25) is 5.02 Å². The van der Waals surface area contributed by atoms with Crippen LogP contribution in [0.3, 0.4) is 0 Å². The van der Waals surface area contributed by atoms with Gasteiger partial charge in [-0.15, -0.1) is 0 Å². The van der Waals surface area contributed by atoms with Crippen molar-refractivity contribution >= 4 is 17.5 Å². The molecule has 1 amide bonds. The summed E-state index contributed by atoms with van der Waals surface area (Å²) in [4.78, 5) is 16.4. The number of amides is 1. The fourth-order valence-corrected chi connectivity index (χ4v) is 2.50. The molecule has 1 aromatic heterocycles. The smallest absolute Gasteiger partial charge is 0.246 e. The Bertz CT molecular complexity index is 888. The Labute approximate surface area is 151 Å². The van der Waals surface area contributed by atoms with Crippen LogP contribution in [-0.2, 0) is 17.8 Å². The van der Waals surface area contributed by atoms with Gasteiger partial charge in [-0.2, -0.15) is 4.98 Å². The van der Waals surface area contributed by atoms with Crippen molar-refractivity contribution in [1.82, 2.24) is 15.5 Å². The molecular formula is C19H18ClN3O2. The third-order valence-corrected chi connectivity index (χ3v) is 4.20. The van der Waals surface area contributed by atoms with Crippen molar-refractivity contribution in [3.05, 3.63) is 70.1 Å². The SMILES string of the molecule is Cc1ccc(CC(=O)NCc2nc(-c3ccc(Cl)cc3)no2)cc1C. The van der Waals surface area contributed by atoms with Gasteiger partial charge in [0.1, 0.15) is 0 Å². The molecule has 3 rings (SSSR count). The standard InChI is InChI=1S/C19H18ClN3O2/c1-12-3-4-14(9-13(12)2)10-17(24)21-11-18-22-19(23-25-18)15-5-7-16(20)8-6-15/h3-9H,10-11H2,1-2H3,(H,21,24). The van der Waals surface area contributed by atoms with Crippen molar-refractivity contribution in [1.29, 1.82) is 0 Å². The lowest BCUT2D eigenvalue weighted by atomic mass is 10.0. The van der Waals surface area contributed by atoms with Crippen LogP contribution in [0.1, 0.15) is 22.6 Å². The van der Waals surface area contributed by atoms with E-state index in [0.29, 0.717) is 23.2 Å². The van der Waals surface area contributed by atoms with E-state index in [1.54, 1.807) is 12.1 Å². The average molecular weight is 356 g/mol. The molecule has 6 heteroatoms. The summed E-state index contributed by atoms with van der Waals surface area (Å²) in [5, 5.41) is 7.36. The molecular weight excluding hydrogens is 338 g/mol. The first kappa shape index (κ1) is 17.2. The van der Waals surface area contributed by atoms with Gasteiger partial charge in [-0.25, -0.2) is 0 Å². The van der Waals surface area contributed by atoms with Gasteiger partial charge in [0, 0.05) is 10.6 Å². The average Bonchev–Trinajstić information content (AvgIpc) is 3.06. The molecule has 3 aromatic rings. The minimum Gasteiger partial charge on any atom is -0.347 e. The van der Waals surface area contributed by atoms with Gasteiger partial charge in [0.2, 0.25) is 17.6 Å². The highest BCUT2D eigenvalue weighted by Gasteiger charge is 2.10. The van der Waals surface area contributed by atoms with E-state index in [9.17, 15) is 4.79 Å². The molecule has 0 aliphatic heterocycles. The number of rotatable bonds is 5. The van der Waals surface area contributed by atoms with Gasteiger partial charge in [0.25, 0.3) is 0 Å². The maximum Gasteiger partial charge on any atom is 0.246 e. The normalized spacial score (nSPS) is 10.7. The fraction of sp³-hybridized carbons (Fsp3) is 0.211. The number of hydrogen-bond acceptors (Lipinski definition) is 4. The maximum atomic E-state index is 12.1. The molecule has 0 saturated carbocycles. The highest BCUT2D eigenvalue weighted by atomic mass is 35.5. The van der Waals surface area contributed by atoms with Gasteiger partial charge >= 0.3 is 0 Å². The Morgan fingerprint density at radius 2 is 1.88 bits per heavy atom. The Hall–Kier alpha value is -2.66. The van der Waals surface area contributed by atoms with Crippen molar-refractivity contribution < 1.29 is 9.32 Å². The number of aromatic nitrogens is 2. The number of nitrogens with zero attached hydrogens (tertiary/aromatic N) is 2. The second kappa shape index (κ2) is 7.49. The molecule has 0 bridgehead atoms. The summed E-state index contributed by atoms with van der Waals surface area (Å²) in [6, 6.07) is 13.2. The number of carbonyl (C=O) groups excluding carboxylic acids is 1. The minimum atomic E-state index is -0.0884. The van der Waals surface area contributed by atoms with Gasteiger partial charge < -0.3 is 9.84 Å². The molecule has 1 heterocycles. The zero-order chi connectivity index (χ0) is 17.8. The predicted molar refractivity (Wildman–Crippen MR) is 96.2 cm³/mol. The summed E-state index contributed by atoms with van der Waals surface area (Å²) >= 11 is 5.86. The van der Waals surface area contributed by atoms with Crippen LogP contribution in [0.4, 0.5) is 0 Å². The van der Waals surface area contributed by atoms with E-state index >= 15 is 0 Å². The molecule has 0 aliphatic rings. The first-order valence-corrected chi connectivity index (χ1v) is 8.30. The fourth-order valence-electron chi connectivity index (χ4n) is 2.38. The number of aryl methyl sites for hydroxylation is 2. The van der Waals surface area contributed by atoms with Crippen LogP contribution < -0.4 is 5.32 Å². The van der Waals surface area contributed by atoms with E-state index in [4.69, 9.17) is 16.1 Å². The largest absolute Gasteiger partial charge is 0.347 e. The highest BCUT2D eigenvalue weighted by Crippen LogP contribution is 2.18. The van der Waals surface area contributed by atoms with Crippen LogP contribution >= 0.6 is 11.6 Å². The van der Waals surface area contributed by atoms with E-state index in [-0.39, 0.29) is 12.5 Å². The Balaban J connectivity index is 1.57. The highest BCUT2D eigenvalue weighted by molar-refractivity contribution is 6.30. The molecule has 0 fully saturated rings. The molecule has 5 nitrogen and oxygen atoms in total. The molecule has 128 valence electrons. The lowest BCUT2D eigenvalue weighted by Crippen LogP contribution is -2.24. The summed E-state index contributed by atoms with van der Waals surface area (Å²) in [7, 11) is 0. The van der Waals surface area contributed by atoms with E-state index in [2.05, 4.69) is 15.5 Å². The second-order valence-electron chi connectivity index (χ2n) is 5.89. The summed E-state index contributed by atoms with van der Waals surface area (Å²) in [6.45, 7) is 4.28. The first-order valence-electron chi connectivity index (χ1n) is 7.92. The van der Waals surface area contributed by atoms with Gasteiger partial charge in [-0.3, -0.25) is 4.79 Å². The van der Waals surface area contributed by atoms with E-state index in [0.717, 1.165) is 11.1 Å². The second-order valence-corrected chi connectivity index (χ2v) is 6.33.